The monoisotopic (exact) mass is 514 g/mol. The van der Waals surface area contributed by atoms with E-state index < -0.39 is 0 Å². The summed E-state index contributed by atoms with van der Waals surface area (Å²) in [6.07, 6.45) is 3.00. The van der Waals surface area contributed by atoms with E-state index >= 15 is 0 Å². The third-order valence-electron chi connectivity index (χ3n) is 5.65. The lowest BCUT2D eigenvalue weighted by Gasteiger charge is -2.21. The summed E-state index contributed by atoms with van der Waals surface area (Å²) < 4.78 is 0. The average Bonchev–Trinajstić information content (AvgIpc) is 3.33. The normalized spacial score (nSPS) is 13.2. The van der Waals surface area contributed by atoms with Gasteiger partial charge in [0.25, 0.3) is 0 Å². The van der Waals surface area contributed by atoms with Crippen LogP contribution in [0.25, 0.3) is 5.70 Å². The van der Waals surface area contributed by atoms with Gasteiger partial charge in [-0.1, -0.05) is 66.2 Å². The van der Waals surface area contributed by atoms with Crippen molar-refractivity contribution in [2.24, 2.45) is 0 Å². The first-order valence-corrected chi connectivity index (χ1v) is 12.1. The molecular formula is C26H25Cl3N4O. The van der Waals surface area contributed by atoms with E-state index in [4.69, 9.17) is 39.8 Å². The second-order valence-electron chi connectivity index (χ2n) is 8.28. The van der Waals surface area contributed by atoms with Crippen molar-refractivity contribution in [2.45, 2.75) is 25.7 Å². The smallest absolute Gasteiger partial charge is 0.138 e. The molecule has 3 aromatic rings. The number of benzene rings is 2. The van der Waals surface area contributed by atoms with Gasteiger partial charge in [-0.25, -0.2) is 9.97 Å². The molecule has 1 aliphatic heterocycles. The Hall–Kier alpha value is -2.73. The van der Waals surface area contributed by atoms with Gasteiger partial charge < -0.3 is 15.3 Å². The number of aliphatic hydroxyl groups excluding tert-OH is 1. The maximum absolute atomic E-state index is 9.74. The van der Waals surface area contributed by atoms with E-state index in [9.17, 15) is 5.11 Å². The lowest BCUT2D eigenvalue weighted by atomic mass is 10.1. The zero-order chi connectivity index (χ0) is 24.2. The molecule has 4 rings (SSSR count). The molecule has 8 heteroatoms. The van der Waals surface area contributed by atoms with E-state index in [1.807, 2.05) is 30.3 Å². The molecule has 1 aliphatic rings. The lowest BCUT2D eigenvalue weighted by molar-refractivity contribution is 0.401. The Balaban J connectivity index is 1.50. The number of nitrogens with zero attached hydrogens (tertiary/aromatic N) is 3. The third-order valence-corrected chi connectivity index (χ3v) is 6.70. The number of anilines is 2. The molecule has 1 fully saturated rings. The van der Waals surface area contributed by atoms with E-state index in [1.165, 1.54) is 0 Å². The number of aromatic nitrogens is 2. The molecule has 34 heavy (non-hydrogen) atoms. The average molecular weight is 516 g/mol. The van der Waals surface area contributed by atoms with Crippen LogP contribution in [-0.2, 0) is 12.8 Å². The van der Waals surface area contributed by atoms with E-state index in [-0.39, 0.29) is 12.2 Å². The Morgan fingerprint density at radius 3 is 2.32 bits per heavy atom. The maximum atomic E-state index is 9.74. The molecular weight excluding hydrogens is 491 g/mol. The Morgan fingerprint density at radius 2 is 1.68 bits per heavy atom. The van der Waals surface area contributed by atoms with Gasteiger partial charge in [0, 0.05) is 42.9 Å². The molecule has 1 saturated heterocycles. The fourth-order valence-corrected chi connectivity index (χ4v) is 4.48. The number of hydrogen-bond acceptors (Lipinski definition) is 5. The highest BCUT2D eigenvalue weighted by atomic mass is 35.5. The number of rotatable bonds is 8. The van der Waals surface area contributed by atoms with Gasteiger partial charge in [-0.2, -0.15) is 0 Å². The Morgan fingerprint density at radius 1 is 0.971 bits per heavy atom. The van der Waals surface area contributed by atoms with Crippen molar-refractivity contribution in [3.05, 3.63) is 99.1 Å². The highest BCUT2D eigenvalue weighted by molar-refractivity contribution is 6.42. The lowest BCUT2D eigenvalue weighted by Crippen LogP contribution is -2.22. The standard InChI is InChI=1S/C26H25Cl3N4O/c1-16(34)13-21-25(29)31-24(32-26(21)33-11-3-4-12-33)14-18-5-8-20(9-6-18)30-17(2)19-7-10-22(27)23(28)15-19/h5-10,15,30,34H,1-4,11-14H2. The first kappa shape index (κ1) is 24.4. The summed E-state index contributed by atoms with van der Waals surface area (Å²) in [5, 5.41) is 14.4. The third kappa shape index (κ3) is 5.84. The van der Waals surface area contributed by atoms with Gasteiger partial charge in [-0.15, -0.1) is 0 Å². The van der Waals surface area contributed by atoms with Crippen molar-refractivity contribution < 1.29 is 5.11 Å². The maximum Gasteiger partial charge on any atom is 0.138 e. The summed E-state index contributed by atoms with van der Waals surface area (Å²) in [6, 6.07) is 13.4. The van der Waals surface area contributed by atoms with Gasteiger partial charge in [0.05, 0.1) is 15.8 Å². The molecule has 0 atom stereocenters. The van der Waals surface area contributed by atoms with Crippen LogP contribution < -0.4 is 10.2 Å². The van der Waals surface area contributed by atoms with Crippen LogP contribution in [0, 0.1) is 0 Å². The second-order valence-corrected chi connectivity index (χ2v) is 9.45. The molecule has 0 bridgehead atoms. The number of aliphatic hydroxyl groups is 1. The molecule has 0 saturated carbocycles. The molecule has 0 unspecified atom stereocenters. The molecule has 5 nitrogen and oxygen atoms in total. The molecule has 0 aliphatic carbocycles. The minimum Gasteiger partial charge on any atom is -0.513 e. The SMILES string of the molecule is C=C(O)Cc1c(Cl)nc(Cc2ccc(NC(=C)c3ccc(Cl)c(Cl)c3)cc2)nc1N1CCCC1. The second kappa shape index (κ2) is 10.7. The Labute approximate surface area is 214 Å². The van der Waals surface area contributed by atoms with Crippen LogP contribution in [0.1, 0.15) is 35.4 Å². The minimum atomic E-state index is 0.0456. The van der Waals surface area contributed by atoms with Crippen molar-refractivity contribution in [1.82, 2.24) is 9.97 Å². The van der Waals surface area contributed by atoms with Crippen molar-refractivity contribution in [2.75, 3.05) is 23.3 Å². The van der Waals surface area contributed by atoms with Crippen LogP contribution in [0.3, 0.4) is 0 Å². The highest BCUT2D eigenvalue weighted by Crippen LogP contribution is 2.30. The summed E-state index contributed by atoms with van der Waals surface area (Å²) in [5.74, 6) is 1.48. The fraction of sp³-hybridized carbons (Fsp3) is 0.231. The van der Waals surface area contributed by atoms with Crippen LogP contribution in [-0.4, -0.2) is 28.2 Å². The predicted molar refractivity (Wildman–Crippen MR) is 142 cm³/mol. The molecule has 0 radical (unpaired) electrons. The molecule has 2 aromatic carbocycles. The van der Waals surface area contributed by atoms with Crippen molar-refractivity contribution in [3.8, 4) is 0 Å². The number of hydrogen-bond donors (Lipinski definition) is 2. The summed E-state index contributed by atoms with van der Waals surface area (Å²) in [7, 11) is 0. The molecule has 2 heterocycles. The topological polar surface area (TPSA) is 61.3 Å². The molecule has 2 N–H and O–H groups in total. The van der Waals surface area contributed by atoms with Crippen molar-refractivity contribution in [3.63, 3.8) is 0 Å². The van der Waals surface area contributed by atoms with Crippen LogP contribution >= 0.6 is 34.8 Å². The van der Waals surface area contributed by atoms with Crippen LogP contribution in [0.5, 0.6) is 0 Å². The first-order chi connectivity index (χ1) is 16.3. The summed E-state index contributed by atoms with van der Waals surface area (Å²) in [6.45, 7) is 9.53. The zero-order valence-corrected chi connectivity index (χ0v) is 20.9. The quantitative estimate of drug-likeness (QED) is 0.243. The van der Waals surface area contributed by atoms with Gasteiger partial charge >= 0.3 is 0 Å². The van der Waals surface area contributed by atoms with E-state index in [1.54, 1.807) is 12.1 Å². The van der Waals surface area contributed by atoms with Gasteiger partial charge in [0.1, 0.15) is 16.8 Å². The highest BCUT2D eigenvalue weighted by Gasteiger charge is 2.22. The van der Waals surface area contributed by atoms with Crippen molar-refractivity contribution in [1.29, 1.82) is 0 Å². The number of allylic oxidation sites excluding steroid dienone is 1. The summed E-state index contributed by atoms with van der Waals surface area (Å²) in [5.41, 5.74) is 4.25. The van der Waals surface area contributed by atoms with E-state index in [2.05, 4.69) is 28.4 Å². The number of nitrogens with one attached hydrogen (secondary N) is 1. The fourth-order valence-electron chi connectivity index (χ4n) is 3.93. The van der Waals surface area contributed by atoms with E-state index in [0.717, 1.165) is 59.8 Å². The Kier molecular flexibility index (Phi) is 7.67. The summed E-state index contributed by atoms with van der Waals surface area (Å²) in [4.78, 5) is 11.5. The molecule has 0 amide bonds. The minimum absolute atomic E-state index is 0.0456. The molecule has 176 valence electrons. The molecule has 0 spiro atoms. The van der Waals surface area contributed by atoms with Crippen LogP contribution in [0.15, 0.2) is 61.4 Å². The zero-order valence-electron chi connectivity index (χ0n) is 18.6. The van der Waals surface area contributed by atoms with Gasteiger partial charge in [0.2, 0.25) is 0 Å². The summed E-state index contributed by atoms with van der Waals surface area (Å²) >= 11 is 18.6. The first-order valence-electron chi connectivity index (χ1n) is 11.0. The van der Waals surface area contributed by atoms with Gasteiger partial charge in [-0.3, -0.25) is 0 Å². The molecule has 1 aromatic heterocycles. The van der Waals surface area contributed by atoms with Crippen LogP contribution in [0.4, 0.5) is 11.5 Å². The van der Waals surface area contributed by atoms with Gasteiger partial charge in [0.15, 0.2) is 0 Å². The number of halogens is 3. The largest absolute Gasteiger partial charge is 0.513 e. The van der Waals surface area contributed by atoms with E-state index in [0.29, 0.717) is 27.4 Å². The Bertz CT molecular complexity index is 1220. The van der Waals surface area contributed by atoms with Gasteiger partial charge in [-0.05, 0) is 48.2 Å². The predicted octanol–water partition coefficient (Wildman–Crippen LogP) is 7.32. The van der Waals surface area contributed by atoms with Crippen molar-refractivity contribution >= 4 is 52.0 Å². The van der Waals surface area contributed by atoms with Crippen LogP contribution in [0.2, 0.25) is 15.2 Å².